The molecule has 24 heavy (non-hydrogen) atoms. The van der Waals surface area contributed by atoms with E-state index in [9.17, 15) is 9.59 Å². The molecular formula is C18H27N3O3. The number of amides is 2. The Morgan fingerprint density at radius 1 is 1.12 bits per heavy atom. The van der Waals surface area contributed by atoms with Gasteiger partial charge in [0.15, 0.2) is 0 Å². The number of nitrogens with zero attached hydrogens (tertiary/aromatic N) is 2. The van der Waals surface area contributed by atoms with Crippen molar-refractivity contribution in [2.24, 2.45) is 5.92 Å². The molecular weight excluding hydrogens is 306 g/mol. The lowest BCUT2D eigenvalue weighted by Gasteiger charge is -2.33. The molecule has 1 N–H and O–H groups in total. The third-order valence-corrected chi connectivity index (χ3v) is 3.87. The lowest BCUT2D eigenvalue weighted by atomic mass is 10.2. The Kier molecular flexibility index (Phi) is 7.06. The van der Waals surface area contributed by atoms with Gasteiger partial charge in [0.1, 0.15) is 0 Å². The average Bonchev–Trinajstić information content (AvgIpc) is 2.59. The normalized spacial score (nSPS) is 15.4. The first-order chi connectivity index (χ1) is 11.5. The van der Waals surface area contributed by atoms with E-state index in [-0.39, 0.29) is 12.0 Å². The van der Waals surface area contributed by atoms with Crippen molar-refractivity contribution >= 4 is 12.0 Å². The van der Waals surface area contributed by atoms with Gasteiger partial charge in [0.25, 0.3) is 0 Å². The number of hydrogen-bond acceptors (Lipinski definition) is 4. The maximum absolute atomic E-state index is 12.0. The van der Waals surface area contributed by atoms with E-state index in [0.29, 0.717) is 51.8 Å². The van der Waals surface area contributed by atoms with Crippen LogP contribution in [-0.2, 0) is 16.1 Å². The Morgan fingerprint density at radius 2 is 1.79 bits per heavy atom. The van der Waals surface area contributed by atoms with Crippen LogP contribution in [-0.4, -0.2) is 61.1 Å². The van der Waals surface area contributed by atoms with Crippen LogP contribution in [0.2, 0.25) is 0 Å². The number of rotatable bonds is 6. The van der Waals surface area contributed by atoms with Gasteiger partial charge in [-0.2, -0.15) is 0 Å². The molecule has 1 aromatic carbocycles. The highest BCUT2D eigenvalue weighted by Gasteiger charge is 2.23. The van der Waals surface area contributed by atoms with Gasteiger partial charge in [0.2, 0.25) is 5.91 Å². The Labute approximate surface area is 143 Å². The zero-order valence-electron chi connectivity index (χ0n) is 14.5. The van der Waals surface area contributed by atoms with E-state index in [0.717, 1.165) is 5.56 Å². The van der Waals surface area contributed by atoms with E-state index in [1.54, 1.807) is 4.90 Å². The molecule has 1 fully saturated rings. The second-order valence-corrected chi connectivity index (χ2v) is 6.50. The first kappa shape index (κ1) is 18.3. The molecule has 0 saturated carbocycles. The molecule has 0 radical (unpaired) electrons. The molecule has 6 nitrogen and oxygen atoms in total. The standard InChI is InChI=1S/C18H27N3O3/c1-15(2)14-24-18(23)21-10-8-20(9-11-21)13-17(22)19-12-16-6-4-3-5-7-16/h3-7,15H,8-14H2,1-2H3,(H,19,22). The second-order valence-electron chi connectivity index (χ2n) is 6.50. The molecule has 132 valence electrons. The summed E-state index contributed by atoms with van der Waals surface area (Å²) in [5.74, 6) is 0.346. The number of nitrogens with one attached hydrogen (secondary N) is 1. The summed E-state index contributed by atoms with van der Waals surface area (Å²) in [5, 5.41) is 2.93. The van der Waals surface area contributed by atoms with Gasteiger partial charge in [0, 0.05) is 32.7 Å². The molecule has 2 rings (SSSR count). The summed E-state index contributed by atoms with van der Waals surface area (Å²) in [6, 6.07) is 9.85. The summed E-state index contributed by atoms with van der Waals surface area (Å²) in [7, 11) is 0. The van der Waals surface area contributed by atoms with Crippen LogP contribution in [0.15, 0.2) is 30.3 Å². The molecule has 1 aliphatic heterocycles. The van der Waals surface area contributed by atoms with Crippen molar-refractivity contribution in [1.82, 2.24) is 15.1 Å². The van der Waals surface area contributed by atoms with Gasteiger partial charge in [-0.1, -0.05) is 44.2 Å². The summed E-state index contributed by atoms with van der Waals surface area (Å²) >= 11 is 0. The Bertz CT molecular complexity index is 526. The van der Waals surface area contributed by atoms with Crippen LogP contribution in [0.3, 0.4) is 0 Å². The Hall–Kier alpha value is -2.08. The van der Waals surface area contributed by atoms with Gasteiger partial charge in [-0.3, -0.25) is 9.69 Å². The van der Waals surface area contributed by atoms with Crippen molar-refractivity contribution in [2.45, 2.75) is 20.4 Å². The molecule has 2 amide bonds. The van der Waals surface area contributed by atoms with Gasteiger partial charge < -0.3 is 15.0 Å². The van der Waals surface area contributed by atoms with Crippen LogP contribution < -0.4 is 5.32 Å². The van der Waals surface area contributed by atoms with Gasteiger partial charge in [-0.15, -0.1) is 0 Å². The molecule has 1 saturated heterocycles. The Morgan fingerprint density at radius 3 is 2.42 bits per heavy atom. The zero-order chi connectivity index (χ0) is 17.4. The molecule has 0 aromatic heterocycles. The van der Waals surface area contributed by atoms with E-state index in [4.69, 9.17) is 4.74 Å². The van der Waals surface area contributed by atoms with Crippen molar-refractivity contribution in [1.29, 1.82) is 0 Å². The number of carbonyl (C=O) groups excluding carboxylic acids is 2. The van der Waals surface area contributed by atoms with Gasteiger partial charge in [0.05, 0.1) is 13.2 Å². The molecule has 0 bridgehead atoms. The van der Waals surface area contributed by atoms with E-state index in [2.05, 4.69) is 10.2 Å². The van der Waals surface area contributed by atoms with Crippen LogP contribution in [0.25, 0.3) is 0 Å². The van der Waals surface area contributed by atoms with Crippen LogP contribution >= 0.6 is 0 Å². The predicted molar refractivity (Wildman–Crippen MR) is 92.5 cm³/mol. The number of hydrogen-bond donors (Lipinski definition) is 1. The first-order valence-electron chi connectivity index (χ1n) is 8.49. The summed E-state index contributed by atoms with van der Waals surface area (Å²) in [6.45, 7) is 7.96. The lowest BCUT2D eigenvalue weighted by molar-refractivity contribution is -0.122. The third-order valence-electron chi connectivity index (χ3n) is 3.87. The maximum Gasteiger partial charge on any atom is 0.409 e. The third kappa shape index (κ3) is 6.20. The van der Waals surface area contributed by atoms with Crippen molar-refractivity contribution in [3.8, 4) is 0 Å². The largest absolute Gasteiger partial charge is 0.449 e. The molecule has 0 aliphatic carbocycles. The molecule has 6 heteroatoms. The predicted octanol–water partition coefficient (Wildman–Crippen LogP) is 1.71. The number of carbonyl (C=O) groups is 2. The monoisotopic (exact) mass is 333 g/mol. The number of piperazine rings is 1. The summed E-state index contributed by atoms with van der Waals surface area (Å²) in [6.07, 6.45) is -0.253. The van der Waals surface area contributed by atoms with Crippen LogP contribution in [0, 0.1) is 5.92 Å². The molecule has 0 unspecified atom stereocenters. The number of ether oxygens (including phenoxy) is 1. The highest BCUT2D eigenvalue weighted by atomic mass is 16.6. The smallest absolute Gasteiger partial charge is 0.409 e. The van der Waals surface area contributed by atoms with Crippen molar-refractivity contribution in [2.75, 3.05) is 39.3 Å². The van der Waals surface area contributed by atoms with Crippen molar-refractivity contribution in [3.63, 3.8) is 0 Å². The minimum Gasteiger partial charge on any atom is -0.449 e. The topological polar surface area (TPSA) is 61.9 Å². The van der Waals surface area contributed by atoms with E-state index < -0.39 is 0 Å². The van der Waals surface area contributed by atoms with Gasteiger partial charge >= 0.3 is 6.09 Å². The Balaban J connectivity index is 1.65. The van der Waals surface area contributed by atoms with Gasteiger partial charge in [-0.25, -0.2) is 4.79 Å². The minimum absolute atomic E-state index is 0.00897. The van der Waals surface area contributed by atoms with Crippen molar-refractivity contribution < 1.29 is 14.3 Å². The molecule has 1 heterocycles. The first-order valence-corrected chi connectivity index (χ1v) is 8.49. The van der Waals surface area contributed by atoms with Crippen LogP contribution in [0.4, 0.5) is 4.79 Å². The number of benzene rings is 1. The fourth-order valence-electron chi connectivity index (χ4n) is 2.47. The zero-order valence-corrected chi connectivity index (χ0v) is 14.5. The van der Waals surface area contributed by atoms with E-state index >= 15 is 0 Å². The maximum atomic E-state index is 12.0. The summed E-state index contributed by atoms with van der Waals surface area (Å²) < 4.78 is 5.24. The molecule has 1 aromatic rings. The highest BCUT2D eigenvalue weighted by molar-refractivity contribution is 5.78. The van der Waals surface area contributed by atoms with E-state index in [1.807, 2.05) is 44.2 Å². The average molecular weight is 333 g/mol. The lowest BCUT2D eigenvalue weighted by Crippen LogP contribution is -2.51. The molecule has 0 spiro atoms. The second kappa shape index (κ2) is 9.27. The fourth-order valence-corrected chi connectivity index (χ4v) is 2.47. The van der Waals surface area contributed by atoms with Crippen LogP contribution in [0.5, 0.6) is 0 Å². The van der Waals surface area contributed by atoms with Crippen molar-refractivity contribution in [3.05, 3.63) is 35.9 Å². The fraction of sp³-hybridized carbons (Fsp3) is 0.556. The summed E-state index contributed by atoms with van der Waals surface area (Å²) in [4.78, 5) is 27.7. The highest BCUT2D eigenvalue weighted by Crippen LogP contribution is 2.05. The van der Waals surface area contributed by atoms with Crippen LogP contribution in [0.1, 0.15) is 19.4 Å². The van der Waals surface area contributed by atoms with E-state index in [1.165, 1.54) is 0 Å². The van der Waals surface area contributed by atoms with Gasteiger partial charge in [-0.05, 0) is 11.5 Å². The quantitative estimate of drug-likeness (QED) is 0.861. The SMILES string of the molecule is CC(C)COC(=O)N1CCN(CC(=O)NCc2ccccc2)CC1. The minimum atomic E-state index is -0.253. The summed E-state index contributed by atoms with van der Waals surface area (Å²) in [5.41, 5.74) is 1.09. The molecule has 1 aliphatic rings. The molecule has 0 atom stereocenters.